The Morgan fingerprint density at radius 3 is 3.00 bits per heavy atom. The van der Waals surface area contributed by atoms with Crippen LogP contribution >= 0.6 is 15.9 Å². The molecule has 1 aromatic heterocycles. The van der Waals surface area contributed by atoms with Gasteiger partial charge < -0.3 is 0 Å². The van der Waals surface area contributed by atoms with E-state index in [1.807, 2.05) is 0 Å². The molecule has 1 aromatic rings. The summed E-state index contributed by atoms with van der Waals surface area (Å²) in [6.45, 7) is 0. The van der Waals surface area contributed by atoms with Crippen molar-refractivity contribution in [3.8, 4) is 0 Å². The molecule has 0 saturated heterocycles. The second-order valence-electron chi connectivity index (χ2n) is 0.513. The molecule has 1 radical (unpaired) electrons. The molecular formula is CHN2P2. The van der Waals surface area contributed by atoms with E-state index in [1.54, 1.807) is 0 Å². The van der Waals surface area contributed by atoms with E-state index in [9.17, 15) is 0 Å². The minimum atomic E-state index is 0.698. The lowest BCUT2D eigenvalue weighted by molar-refractivity contribution is 1.16. The first-order valence-electron chi connectivity index (χ1n) is 1.10. The summed E-state index contributed by atoms with van der Waals surface area (Å²) in [6.07, 6.45) is 0. The smallest absolute Gasteiger partial charge is 0.139 e. The molecule has 1 rings (SSSR count). The van der Waals surface area contributed by atoms with Crippen LogP contribution in [0.25, 0.3) is 0 Å². The predicted octanol–water partition coefficient (Wildman–Crippen LogP) is 0.888. The van der Waals surface area contributed by atoms with E-state index in [4.69, 9.17) is 0 Å². The quantitative estimate of drug-likeness (QED) is 0.487. The highest BCUT2D eigenvalue weighted by atomic mass is 31.8. The SMILES string of the molecule is [c]1nnp[pH]1. The van der Waals surface area contributed by atoms with Gasteiger partial charge in [0.15, 0.2) is 0 Å². The molecule has 0 spiro atoms. The van der Waals surface area contributed by atoms with Gasteiger partial charge in [0.05, 0.1) is 8.03 Å². The van der Waals surface area contributed by atoms with Crippen molar-refractivity contribution < 1.29 is 0 Å². The fraction of sp³-hybridized carbons (Fsp3) is 0. The van der Waals surface area contributed by atoms with Gasteiger partial charge in [0.1, 0.15) is 5.93 Å². The third kappa shape index (κ3) is 0.678. The van der Waals surface area contributed by atoms with Crippen LogP contribution in [0.2, 0.25) is 0 Å². The lowest BCUT2D eigenvalue weighted by Gasteiger charge is -1.39. The Bertz CT molecular complexity index is 64.1. The van der Waals surface area contributed by atoms with E-state index in [0.29, 0.717) is 7.87 Å². The molecule has 0 amide bonds. The monoisotopic (exact) mass is 103 g/mol. The molecule has 4 heteroatoms. The van der Waals surface area contributed by atoms with Gasteiger partial charge >= 0.3 is 0 Å². The van der Waals surface area contributed by atoms with E-state index < -0.39 is 0 Å². The molecule has 0 saturated carbocycles. The van der Waals surface area contributed by atoms with Crippen LogP contribution in [0.3, 0.4) is 0 Å². The third-order valence-electron chi connectivity index (χ3n) is 0.239. The summed E-state index contributed by atoms with van der Waals surface area (Å²) in [5, 5.41) is 3.46. The summed E-state index contributed by atoms with van der Waals surface area (Å²) < 4.78 is 0. The Morgan fingerprint density at radius 1 is 1.80 bits per heavy atom. The number of hydrogen-bond acceptors (Lipinski definition) is 2. The molecule has 2 nitrogen and oxygen atoms in total. The number of nitrogens with zero attached hydrogens (tertiary/aromatic N) is 2. The van der Waals surface area contributed by atoms with Crippen LogP contribution in [0, 0.1) is 5.93 Å². The molecule has 0 bridgehead atoms. The molecule has 1 unspecified atom stereocenters. The first kappa shape index (κ1) is 3.27. The van der Waals surface area contributed by atoms with Crippen molar-refractivity contribution in [2.24, 2.45) is 0 Å². The van der Waals surface area contributed by atoms with Crippen molar-refractivity contribution in [2.75, 3.05) is 0 Å². The van der Waals surface area contributed by atoms with E-state index in [1.165, 1.54) is 0 Å². The van der Waals surface area contributed by atoms with Crippen molar-refractivity contribution in [2.45, 2.75) is 0 Å². The molecule has 0 aliphatic rings. The minimum Gasteiger partial charge on any atom is -0.139 e. The summed E-state index contributed by atoms with van der Waals surface area (Å²) in [6, 6.07) is 0. The Balaban J connectivity index is 3.13. The van der Waals surface area contributed by atoms with Gasteiger partial charge in [0, 0.05) is 0 Å². The maximum absolute atomic E-state index is 3.58. The lowest BCUT2D eigenvalue weighted by Crippen LogP contribution is -1.50. The summed E-state index contributed by atoms with van der Waals surface area (Å²) in [4.78, 5) is 3.58. The zero-order chi connectivity index (χ0) is 3.54. The fourth-order valence-corrected chi connectivity index (χ4v) is 1.01. The summed E-state index contributed by atoms with van der Waals surface area (Å²) >= 11 is 0. The van der Waals surface area contributed by atoms with Gasteiger partial charge in [-0.05, 0) is 0 Å². The molecule has 25 valence electrons. The number of aromatic nitrogens is 2. The van der Waals surface area contributed by atoms with Crippen LogP contribution in [0.4, 0.5) is 0 Å². The van der Waals surface area contributed by atoms with Gasteiger partial charge in [-0.2, -0.15) is 0 Å². The summed E-state index contributed by atoms with van der Waals surface area (Å²) in [7, 11) is 1.76. The molecule has 0 aliphatic heterocycles. The van der Waals surface area contributed by atoms with Gasteiger partial charge in [-0.15, -0.1) is 9.96 Å². The van der Waals surface area contributed by atoms with Gasteiger partial charge in [-0.1, -0.05) is 7.87 Å². The van der Waals surface area contributed by atoms with Crippen molar-refractivity contribution >= 4 is 15.9 Å². The minimum absolute atomic E-state index is 0.698. The van der Waals surface area contributed by atoms with Crippen LogP contribution in [0.15, 0.2) is 0 Å². The molecule has 1 heterocycles. The second-order valence-corrected chi connectivity index (χ2v) is 2.61. The van der Waals surface area contributed by atoms with Crippen molar-refractivity contribution in [3.05, 3.63) is 5.93 Å². The third-order valence-corrected chi connectivity index (χ3v) is 1.59. The van der Waals surface area contributed by atoms with E-state index in [2.05, 4.69) is 15.9 Å². The molecule has 0 aromatic carbocycles. The molecule has 0 fully saturated rings. The second kappa shape index (κ2) is 1.49. The van der Waals surface area contributed by atoms with E-state index in [-0.39, 0.29) is 0 Å². The summed E-state index contributed by atoms with van der Waals surface area (Å²) in [5.74, 6) is 2.70. The Morgan fingerprint density at radius 2 is 2.80 bits per heavy atom. The highest BCUT2D eigenvalue weighted by Crippen LogP contribution is 2.09. The van der Waals surface area contributed by atoms with Gasteiger partial charge in [0.25, 0.3) is 0 Å². The zero-order valence-electron chi connectivity index (χ0n) is 2.34. The number of hydrogen-bond donors (Lipinski definition) is 0. The van der Waals surface area contributed by atoms with Crippen LogP contribution < -0.4 is 0 Å². The zero-order valence-corrected chi connectivity index (χ0v) is 4.24. The van der Waals surface area contributed by atoms with Crippen molar-refractivity contribution in [1.29, 1.82) is 0 Å². The van der Waals surface area contributed by atoms with Crippen LogP contribution in [0.5, 0.6) is 0 Å². The highest BCUT2D eigenvalue weighted by molar-refractivity contribution is 7.87. The standard InChI is InChI=1S/CHN2P2/c1-2-3-5-4-1/h4H. The van der Waals surface area contributed by atoms with Gasteiger partial charge in [0.2, 0.25) is 0 Å². The predicted molar refractivity (Wildman–Crippen MR) is 22.9 cm³/mol. The van der Waals surface area contributed by atoms with Gasteiger partial charge in [-0.3, -0.25) is 0 Å². The average Bonchev–Trinajstić information content (AvgIpc) is 1.76. The Hall–Kier alpha value is 0.0700. The fourth-order valence-electron chi connectivity index (χ4n) is 0.112. The van der Waals surface area contributed by atoms with Crippen LogP contribution in [-0.4, -0.2) is 9.96 Å². The summed E-state index contributed by atoms with van der Waals surface area (Å²) in [5.41, 5.74) is 0. The lowest BCUT2D eigenvalue weighted by atomic mass is 11.7. The molecule has 5 heavy (non-hydrogen) atoms. The van der Waals surface area contributed by atoms with E-state index in [0.717, 1.165) is 8.03 Å². The largest absolute Gasteiger partial charge is 0.139 e. The average molecular weight is 103 g/mol. The first-order chi connectivity index (χ1) is 2.50. The highest BCUT2D eigenvalue weighted by Gasteiger charge is 1.62. The van der Waals surface area contributed by atoms with Crippen molar-refractivity contribution in [1.82, 2.24) is 9.96 Å². The molecular weight excluding hydrogens is 102 g/mol. The maximum atomic E-state index is 3.58. The first-order valence-corrected chi connectivity index (χ1v) is 3.79. The van der Waals surface area contributed by atoms with Crippen LogP contribution in [0.1, 0.15) is 0 Å². The Labute approximate surface area is 32.8 Å². The van der Waals surface area contributed by atoms with Crippen molar-refractivity contribution in [3.63, 3.8) is 0 Å². The van der Waals surface area contributed by atoms with Gasteiger partial charge in [-0.25, -0.2) is 0 Å². The van der Waals surface area contributed by atoms with E-state index >= 15 is 0 Å². The molecule has 1 atom stereocenters. The topological polar surface area (TPSA) is 25.8 Å². The number of rotatable bonds is 0. The molecule has 0 N–H and O–H groups in total. The Kier molecular flexibility index (Phi) is 0.975. The normalized spacial score (nSPS) is 11.2. The maximum Gasteiger partial charge on any atom is 0.139 e. The molecule has 0 aliphatic carbocycles. The van der Waals surface area contributed by atoms with Crippen LogP contribution in [-0.2, 0) is 0 Å².